The molecule has 4 saturated carbocycles. The van der Waals surface area contributed by atoms with Crippen LogP contribution in [0.3, 0.4) is 0 Å². The molecule has 4 aliphatic rings. The fourth-order valence-corrected chi connectivity index (χ4v) is 5.33. The van der Waals surface area contributed by atoms with Gasteiger partial charge in [-0.05, 0) is 86.0 Å². The van der Waals surface area contributed by atoms with Crippen LogP contribution in [0.2, 0.25) is 5.02 Å². The summed E-state index contributed by atoms with van der Waals surface area (Å²) < 4.78 is 0. The molecule has 4 bridgehead atoms. The van der Waals surface area contributed by atoms with E-state index >= 15 is 0 Å². The quantitative estimate of drug-likeness (QED) is 0.746. The zero-order valence-corrected chi connectivity index (χ0v) is 12.7. The van der Waals surface area contributed by atoms with Gasteiger partial charge in [0.15, 0.2) is 0 Å². The van der Waals surface area contributed by atoms with E-state index in [9.17, 15) is 5.11 Å². The Morgan fingerprint density at radius 2 is 1.65 bits per heavy atom. The van der Waals surface area contributed by atoms with Crippen LogP contribution in [0.4, 0.5) is 0 Å². The Labute approximate surface area is 125 Å². The van der Waals surface area contributed by atoms with E-state index in [0.29, 0.717) is 5.02 Å². The highest BCUT2D eigenvalue weighted by Gasteiger charge is 2.45. The summed E-state index contributed by atoms with van der Waals surface area (Å²) in [6.45, 7) is 2.24. The van der Waals surface area contributed by atoms with Crippen molar-refractivity contribution in [3.63, 3.8) is 0 Å². The molecule has 1 aromatic carbocycles. The van der Waals surface area contributed by atoms with Gasteiger partial charge < -0.3 is 5.11 Å². The van der Waals surface area contributed by atoms with Crippen molar-refractivity contribution in [2.45, 2.75) is 39.0 Å². The average molecular weight is 289 g/mol. The highest BCUT2D eigenvalue weighted by atomic mass is 35.5. The van der Waals surface area contributed by atoms with Gasteiger partial charge in [-0.15, -0.1) is 0 Å². The van der Waals surface area contributed by atoms with Crippen LogP contribution in [0.25, 0.3) is 5.57 Å². The third-order valence-electron chi connectivity index (χ3n) is 5.83. The Morgan fingerprint density at radius 3 is 2.20 bits per heavy atom. The first-order valence-electron chi connectivity index (χ1n) is 7.81. The molecule has 1 N–H and O–H groups in total. The first-order chi connectivity index (χ1) is 9.61. The third kappa shape index (κ3) is 1.90. The van der Waals surface area contributed by atoms with Crippen LogP contribution >= 0.6 is 11.6 Å². The number of hydrogen-bond acceptors (Lipinski definition) is 1. The van der Waals surface area contributed by atoms with Gasteiger partial charge in [0.2, 0.25) is 0 Å². The first-order valence-corrected chi connectivity index (χ1v) is 8.19. The number of phenols is 1. The van der Waals surface area contributed by atoms with Crippen molar-refractivity contribution in [3.05, 3.63) is 34.4 Å². The average Bonchev–Trinajstić information content (AvgIpc) is 2.40. The van der Waals surface area contributed by atoms with Crippen molar-refractivity contribution in [2.24, 2.45) is 23.7 Å². The van der Waals surface area contributed by atoms with Crippen molar-refractivity contribution >= 4 is 17.2 Å². The minimum absolute atomic E-state index is 0.202. The third-order valence-corrected chi connectivity index (χ3v) is 6.15. The zero-order valence-electron chi connectivity index (χ0n) is 11.9. The number of allylic oxidation sites excluding steroid dienone is 2. The van der Waals surface area contributed by atoms with Crippen molar-refractivity contribution in [1.82, 2.24) is 0 Å². The number of aromatic hydroxyl groups is 1. The van der Waals surface area contributed by atoms with Crippen LogP contribution in [0.15, 0.2) is 23.8 Å². The number of benzene rings is 1. The van der Waals surface area contributed by atoms with Gasteiger partial charge in [-0.1, -0.05) is 23.2 Å². The molecule has 1 nitrogen and oxygen atoms in total. The number of hydrogen-bond donors (Lipinski definition) is 1. The van der Waals surface area contributed by atoms with Gasteiger partial charge in [-0.2, -0.15) is 0 Å². The molecule has 106 valence electrons. The topological polar surface area (TPSA) is 20.2 Å². The molecule has 1 aromatic rings. The van der Waals surface area contributed by atoms with E-state index in [-0.39, 0.29) is 5.75 Å². The van der Waals surface area contributed by atoms with Crippen LogP contribution < -0.4 is 0 Å². The largest absolute Gasteiger partial charge is 0.506 e. The van der Waals surface area contributed by atoms with Crippen LogP contribution in [-0.2, 0) is 0 Å². The molecule has 0 aromatic heterocycles. The van der Waals surface area contributed by atoms with E-state index in [2.05, 4.69) is 13.0 Å². The van der Waals surface area contributed by atoms with Gasteiger partial charge in [0.05, 0.1) is 5.02 Å². The smallest absolute Gasteiger partial charge is 0.134 e. The van der Waals surface area contributed by atoms with E-state index in [1.807, 2.05) is 12.1 Å². The molecule has 0 aliphatic heterocycles. The lowest BCUT2D eigenvalue weighted by molar-refractivity contribution is 0.0704. The van der Waals surface area contributed by atoms with Gasteiger partial charge in [-0.25, -0.2) is 0 Å². The van der Waals surface area contributed by atoms with Crippen LogP contribution in [0.1, 0.15) is 44.6 Å². The molecule has 5 rings (SSSR count). The maximum absolute atomic E-state index is 9.84. The SMILES string of the molecule is CC(=C1C2CC3CC(C2)CC1C3)c1ccc(Cl)c(O)c1. The molecular weight excluding hydrogens is 268 g/mol. The molecule has 0 unspecified atom stereocenters. The van der Waals surface area contributed by atoms with Crippen molar-refractivity contribution in [1.29, 1.82) is 0 Å². The second-order valence-electron chi connectivity index (χ2n) is 7.05. The highest BCUT2D eigenvalue weighted by Crippen LogP contribution is 2.57. The lowest BCUT2D eigenvalue weighted by Gasteiger charge is -2.52. The summed E-state index contributed by atoms with van der Waals surface area (Å²) in [5.41, 5.74) is 4.24. The molecule has 0 spiro atoms. The Hall–Kier alpha value is -0.950. The summed E-state index contributed by atoms with van der Waals surface area (Å²) in [6, 6.07) is 5.69. The molecule has 0 atom stereocenters. The van der Waals surface area contributed by atoms with Crippen LogP contribution in [0, 0.1) is 23.7 Å². The summed E-state index contributed by atoms with van der Waals surface area (Å²) in [7, 11) is 0. The number of halogens is 1. The molecule has 4 aliphatic carbocycles. The van der Waals surface area contributed by atoms with E-state index in [1.165, 1.54) is 37.7 Å². The molecular formula is C18H21ClO. The maximum Gasteiger partial charge on any atom is 0.134 e. The second kappa shape index (κ2) is 4.53. The summed E-state index contributed by atoms with van der Waals surface area (Å²) in [5.74, 6) is 3.81. The number of phenolic OH excluding ortho intramolecular Hbond substituents is 1. The monoisotopic (exact) mass is 288 g/mol. The minimum atomic E-state index is 0.202. The van der Waals surface area contributed by atoms with Crippen molar-refractivity contribution in [3.8, 4) is 5.75 Å². The number of rotatable bonds is 1. The Morgan fingerprint density at radius 1 is 1.05 bits per heavy atom. The molecule has 2 heteroatoms. The predicted molar refractivity (Wildman–Crippen MR) is 82.8 cm³/mol. The second-order valence-corrected chi connectivity index (χ2v) is 7.46. The van der Waals surface area contributed by atoms with Crippen molar-refractivity contribution in [2.75, 3.05) is 0 Å². The van der Waals surface area contributed by atoms with Gasteiger partial charge >= 0.3 is 0 Å². The van der Waals surface area contributed by atoms with Crippen LogP contribution in [-0.4, -0.2) is 5.11 Å². The molecule has 4 fully saturated rings. The molecule has 0 radical (unpaired) electrons. The summed E-state index contributed by atoms with van der Waals surface area (Å²) in [4.78, 5) is 0. The normalized spacial score (nSPS) is 34.6. The Kier molecular flexibility index (Phi) is 2.89. The Balaban J connectivity index is 1.75. The summed E-state index contributed by atoms with van der Waals surface area (Å²) in [6.07, 6.45) is 7.10. The van der Waals surface area contributed by atoms with Gasteiger partial charge in [-0.3, -0.25) is 0 Å². The van der Waals surface area contributed by atoms with Gasteiger partial charge in [0.25, 0.3) is 0 Å². The molecule has 0 amide bonds. The van der Waals surface area contributed by atoms with E-state index in [1.54, 1.807) is 5.57 Å². The predicted octanol–water partition coefficient (Wildman–Crippen LogP) is 5.28. The summed E-state index contributed by atoms with van der Waals surface area (Å²) in [5, 5.41) is 10.3. The van der Waals surface area contributed by atoms with Gasteiger partial charge in [0.1, 0.15) is 5.75 Å². The maximum atomic E-state index is 9.84. The molecule has 20 heavy (non-hydrogen) atoms. The van der Waals surface area contributed by atoms with E-state index in [0.717, 1.165) is 29.2 Å². The fourth-order valence-electron chi connectivity index (χ4n) is 5.22. The minimum Gasteiger partial charge on any atom is -0.506 e. The van der Waals surface area contributed by atoms with E-state index in [4.69, 9.17) is 11.6 Å². The highest BCUT2D eigenvalue weighted by molar-refractivity contribution is 6.32. The standard InChI is InChI=1S/C18H21ClO/c1-10(13-2-3-16(19)17(20)9-13)18-14-5-11-4-12(7-14)8-15(18)6-11/h2-3,9,11-12,14-15,20H,4-8H2,1H3. The lowest BCUT2D eigenvalue weighted by Crippen LogP contribution is -2.40. The van der Waals surface area contributed by atoms with Crippen LogP contribution in [0.5, 0.6) is 5.75 Å². The van der Waals surface area contributed by atoms with Crippen molar-refractivity contribution < 1.29 is 5.11 Å². The summed E-state index contributed by atoms with van der Waals surface area (Å²) >= 11 is 5.93. The van der Waals surface area contributed by atoms with Gasteiger partial charge in [0, 0.05) is 0 Å². The molecule has 0 saturated heterocycles. The molecule has 0 heterocycles. The fraction of sp³-hybridized carbons (Fsp3) is 0.556. The van der Waals surface area contributed by atoms with E-state index < -0.39 is 0 Å². The Bertz CT molecular complexity index is 557. The lowest BCUT2D eigenvalue weighted by atomic mass is 9.53. The zero-order chi connectivity index (χ0) is 13.9. The first kappa shape index (κ1) is 12.8.